The van der Waals surface area contributed by atoms with E-state index in [2.05, 4.69) is 53.8 Å². The van der Waals surface area contributed by atoms with Crippen LogP contribution in [0.25, 0.3) is 0 Å². The van der Waals surface area contributed by atoms with Crippen LogP contribution in [0.15, 0.2) is 18.2 Å². The van der Waals surface area contributed by atoms with Crippen LogP contribution < -0.4 is 16.0 Å². The highest BCUT2D eigenvalue weighted by molar-refractivity contribution is 7.80. The topological polar surface area (TPSA) is 199 Å². The first-order valence-electron chi connectivity index (χ1n) is 9.03. The van der Waals surface area contributed by atoms with E-state index in [1.165, 1.54) is 0 Å². The minimum absolute atomic E-state index is 0.251. The van der Waals surface area contributed by atoms with E-state index in [4.69, 9.17) is 15.3 Å². The van der Waals surface area contributed by atoms with Gasteiger partial charge in [0.25, 0.3) is 17.7 Å². The first-order chi connectivity index (χ1) is 15.4. The molecule has 15 heteroatoms. The third-order valence-corrected chi connectivity index (χ3v) is 5.17. The van der Waals surface area contributed by atoms with E-state index >= 15 is 0 Å². The average Bonchev–Trinajstić information content (AvgIpc) is 2.77. The van der Waals surface area contributed by atoms with Gasteiger partial charge in [-0.05, 0) is 18.2 Å². The van der Waals surface area contributed by atoms with Crippen molar-refractivity contribution in [2.75, 3.05) is 17.3 Å². The number of carbonyl (C=O) groups excluding carboxylic acids is 3. The number of aliphatic carboxylic acids is 3. The number of hydrogen-bond acceptors (Lipinski definition) is 9. The summed E-state index contributed by atoms with van der Waals surface area (Å²) in [6.07, 6.45) is 0. The third-order valence-electron chi connectivity index (χ3n) is 4.08. The molecule has 0 bridgehead atoms. The van der Waals surface area contributed by atoms with Crippen LogP contribution in [0.1, 0.15) is 31.1 Å². The van der Waals surface area contributed by atoms with Crippen molar-refractivity contribution in [2.45, 2.75) is 18.1 Å². The summed E-state index contributed by atoms with van der Waals surface area (Å²) < 4.78 is 0. The van der Waals surface area contributed by atoms with Gasteiger partial charge in [0.2, 0.25) is 0 Å². The molecule has 0 aliphatic rings. The van der Waals surface area contributed by atoms with E-state index < -0.39 is 53.8 Å². The molecule has 0 aliphatic carbocycles. The van der Waals surface area contributed by atoms with Crippen molar-refractivity contribution in [3.8, 4) is 0 Å². The summed E-state index contributed by atoms with van der Waals surface area (Å²) in [6.45, 7) is 0. The summed E-state index contributed by atoms with van der Waals surface area (Å²) in [7, 11) is 0. The Morgan fingerprint density at radius 2 is 0.788 bits per heavy atom. The quantitative estimate of drug-likeness (QED) is 0.156. The fourth-order valence-electron chi connectivity index (χ4n) is 2.30. The molecule has 3 atom stereocenters. The molecular weight excluding hydrogens is 498 g/mol. The van der Waals surface area contributed by atoms with Gasteiger partial charge in [-0.15, -0.1) is 0 Å². The summed E-state index contributed by atoms with van der Waals surface area (Å²) >= 11 is 11.5. The zero-order chi connectivity index (χ0) is 25.3. The predicted molar refractivity (Wildman–Crippen MR) is 125 cm³/mol. The van der Waals surface area contributed by atoms with Crippen LogP contribution in [-0.2, 0) is 14.4 Å². The van der Waals surface area contributed by atoms with Gasteiger partial charge < -0.3 is 31.3 Å². The van der Waals surface area contributed by atoms with Gasteiger partial charge in [0.15, 0.2) is 0 Å². The highest BCUT2D eigenvalue weighted by Gasteiger charge is 2.25. The Labute approximate surface area is 203 Å². The zero-order valence-corrected chi connectivity index (χ0v) is 19.4. The maximum absolute atomic E-state index is 12.6. The molecule has 0 heterocycles. The number of carboxylic acids is 3. The monoisotopic (exact) mass is 519 g/mol. The van der Waals surface area contributed by atoms with Crippen LogP contribution in [-0.4, -0.2) is 86.3 Å². The third kappa shape index (κ3) is 8.18. The summed E-state index contributed by atoms with van der Waals surface area (Å²) in [5.41, 5.74) is -0.927. The Morgan fingerprint density at radius 1 is 0.576 bits per heavy atom. The van der Waals surface area contributed by atoms with Crippen molar-refractivity contribution >= 4 is 73.5 Å². The minimum atomic E-state index is -1.38. The lowest BCUT2D eigenvalue weighted by Gasteiger charge is -2.16. The van der Waals surface area contributed by atoms with Crippen LogP contribution >= 0.6 is 37.9 Å². The fraction of sp³-hybridized carbons (Fsp3) is 0.333. The predicted octanol–water partition coefficient (Wildman–Crippen LogP) is -0.975. The summed E-state index contributed by atoms with van der Waals surface area (Å²) in [5, 5.41) is 33.8. The molecule has 0 saturated heterocycles. The lowest BCUT2D eigenvalue weighted by atomic mass is 10.0. The molecule has 0 unspecified atom stereocenters. The zero-order valence-electron chi connectivity index (χ0n) is 16.7. The second-order valence-electron chi connectivity index (χ2n) is 6.44. The van der Waals surface area contributed by atoms with Gasteiger partial charge >= 0.3 is 17.9 Å². The summed E-state index contributed by atoms with van der Waals surface area (Å²) in [6, 6.07) is -1.08. The second kappa shape index (κ2) is 13.0. The molecule has 1 aromatic rings. The van der Waals surface area contributed by atoms with Crippen LogP contribution in [0.4, 0.5) is 0 Å². The van der Waals surface area contributed by atoms with Gasteiger partial charge in [0, 0.05) is 33.9 Å². The molecule has 0 saturated carbocycles. The van der Waals surface area contributed by atoms with Crippen molar-refractivity contribution in [3.05, 3.63) is 34.9 Å². The molecule has 1 rings (SSSR count). The largest absolute Gasteiger partial charge is 0.480 e. The first-order valence-corrected chi connectivity index (χ1v) is 10.9. The highest BCUT2D eigenvalue weighted by Crippen LogP contribution is 2.13. The van der Waals surface area contributed by atoms with E-state index in [1.54, 1.807) is 0 Å². The van der Waals surface area contributed by atoms with Crippen LogP contribution in [0.3, 0.4) is 0 Å². The maximum Gasteiger partial charge on any atom is 0.327 e. The maximum atomic E-state index is 12.6. The van der Waals surface area contributed by atoms with Gasteiger partial charge in [0.1, 0.15) is 18.1 Å². The number of nitrogens with one attached hydrogen (secondary N) is 3. The minimum Gasteiger partial charge on any atom is -0.480 e. The van der Waals surface area contributed by atoms with Gasteiger partial charge in [0.05, 0.1) is 0 Å². The Bertz CT molecular complexity index is 826. The lowest BCUT2D eigenvalue weighted by Crippen LogP contribution is -2.44. The average molecular weight is 520 g/mol. The van der Waals surface area contributed by atoms with Gasteiger partial charge in [-0.3, -0.25) is 14.4 Å². The number of rotatable bonds is 12. The Kier molecular flexibility index (Phi) is 11.0. The molecule has 6 N–H and O–H groups in total. The van der Waals surface area contributed by atoms with Crippen LogP contribution in [0.5, 0.6) is 0 Å². The van der Waals surface area contributed by atoms with Gasteiger partial charge in [-0.25, -0.2) is 14.4 Å². The van der Waals surface area contributed by atoms with Crippen LogP contribution in [0, 0.1) is 0 Å². The van der Waals surface area contributed by atoms with Crippen molar-refractivity contribution in [1.82, 2.24) is 16.0 Å². The number of thiol groups is 3. The van der Waals surface area contributed by atoms with Gasteiger partial charge in [-0.2, -0.15) is 37.9 Å². The first kappa shape index (κ1) is 28.1. The normalized spacial score (nSPS) is 13.2. The smallest absolute Gasteiger partial charge is 0.327 e. The molecule has 3 amide bonds. The molecule has 12 nitrogen and oxygen atoms in total. The molecular formula is C18H21N3O9S3. The second-order valence-corrected chi connectivity index (χ2v) is 7.54. The van der Waals surface area contributed by atoms with Crippen molar-refractivity contribution < 1.29 is 44.1 Å². The fourth-order valence-corrected chi connectivity index (χ4v) is 3.04. The Balaban J connectivity index is 3.40. The van der Waals surface area contributed by atoms with Gasteiger partial charge in [-0.1, -0.05) is 0 Å². The molecule has 0 fully saturated rings. The molecule has 180 valence electrons. The summed E-state index contributed by atoms with van der Waals surface area (Å²) in [4.78, 5) is 71.2. The van der Waals surface area contributed by atoms with E-state index in [0.29, 0.717) is 0 Å². The Morgan fingerprint density at radius 3 is 0.939 bits per heavy atom. The molecule has 0 aliphatic heterocycles. The standard InChI is InChI=1S/C18H21N3O9S3/c22-13(19-10(4-31)16(25)26)7-1-8(14(23)20-11(5-32)17(27)28)3-9(2-7)15(24)21-12(6-33)18(29)30/h1-3,10-12,31-33H,4-6H2,(H,19,22)(H,20,23)(H,21,24)(H,25,26)(H,27,28)(H,29,30)/t10-,11-,12-/m0/s1. The Hall–Kier alpha value is -2.91. The number of amides is 3. The molecule has 0 radical (unpaired) electrons. The van der Waals surface area contributed by atoms with E-state index in [0.717, 1.165) is 18.2 Å². The number of benzene rings is 1. The number of carboxylic acid groups (broad SMARTS) is 3. The number of hydrogen-bond donors (Lipinski definition) is 9. The van der Waals surface area contributed by atoms with Crippen molar-refractivity contribution in [1.29, 1.82) is 0 Å². The summed E-state index contributed by atoms with van der Waals surface area (Å²) in [5.74, 6) is -7.77. The van der Waals surface area contributed by atoms with E-state index in [-0.39, 0.29) is 33.9 Å². The van der Waals surface area contributed by atoms with E-state index in [1.807, 2.05) is 0 Å². The SMILES string of the molecule is O=C(N[C@@H](CS)C(=O)O)c1cc(C(=O)N[C@@H](CS)C(=O)O)cc(C(=O)N[C@@H](CS)C(=O)O)c1. The molecule has 1 aromatic carbocycles. The molecule has 33 heavy (non-hydrogen) atoms. The van der Waals surface area contributed by atoms with E-state index in [9.17, 15) is 28.8 Å². The highest BCUT2D eigenvalue weighted by atomic mass is 32.1. The van der Waals surface area contributed by atoms with Crippen LogP contribution in [0.2, 0.25) is 0 Å². The lowest BCUT2D eigenvalue weighted by molar-refractivity contribution is -0.139. The number of carbonyl (C=O) groups is 6. The van der Waals surface area contributed by atoms with Crippen molar-refractivity contribution in [3.63, 3.8) is 0 Å². The molecule has 0 aromatic heterocycles. The van der Waals surface area contributed by atoms with Crippen molar-refractivity contribution in [2.24, 2.45) is 0 Å². The molecule has 0 spiro atoms.